The maximum absolute atomic E-state index is 9.96. The van der Waals surface area contributed by atoms with Crippen molar-refractivity contribution in [3.8, 4) is 0 Å². The van der Waals surface area contributed by atoms with E-state index in [1.165, 1.54) is 32.1 Å². The summed E-state index contributed by atoms with van der Waals surface area (Å²) in [6.45, 7) is 10.3. The third kappa shape index (κ3) is 5.47. The fourth-order valence-corrected chi connectivity index (χ4v) is 3.38. The van der Waals surface area contributed by atoms with Crippen LogP contribution in [-0.2, 0) is 0 Å². The van der Waals surface area contributed by atoms with Gasteiger partial charge in [-0.25, -0.2) is 0 Å². The van der Waals surface area contributed by atoms with Crippen molar-refractivity contribution in [1.29, 1.82) is 0 Å². The van der Waals surface area contributed by atoms with Crippen LogP contribution in [0.15, 0.2) is 25.3 Å². The lowest BCUT2D eigenvalue weighted by molar-refractivity contribution is -0.944. The largest absolute Gasteiger partial charge is 1.00 e. The first-order chi connectivity index (χ1) is 8.68. The van der Waals surface area contributed by atoms with Crippen molar-refractivity contribution in [3.63, 3.8) is 0 Å². The van der Waals surface area contributed by atoms with Crippen LogP contribution in [-0.4, -0.2) is 47.2 Å². The van der Waals surface area contributed by atoms with E-state index in [1.54, 1.807) is 0 Å². The molecule has 1 fully saturated rings. The van der Waals surface area contributed by atoms with Crippen molar-refractivity contribution >= 4 is 11.6 Å². The van der Waals surface area contributed by atoms with E-state index in [0.717, 1.165) is 17.6 Å². The van der Waals surface area contributed by atoms with Gasteiger partial charge in [0.25, 0.3) is 0 Å². The third-order valence-electron chi connectivity index (χ3n) is 4.09. The van der Waals surface area contributed by atoms with Crippen LogP contribution in [0.5, 0.6) is 0 Å². The second-order valence-electron chi connectivity index (χ2n) is 5.44. The van der Waals surface area contributed by atoms with Gasteiger partial charge in [-0.3, -0.25) is 0 Å². The first kappa shape index (κ1) is 19.0. The highest BCUT2D eigenvalue weighted by Crippen LogP contribution is 2.29. The molecule has 0 heterocycles. The monoisotopic (exact) mass is 307 g/mol. The quantitative estimate of drug-likeness (QED) is 0.383. The van der Waals surface area contributed by atoms with Gasteiger partial charge in [0.15, 0.2) is 0 Å². The SMILES string of the molecule is C=CC[N+](CC=C)(CC(O)CCl)C1CCCCC1.[Cl-]. The summed E-state index contributed by atoms with van der Waals surface area (Å²) < 4.78 is 0.876. The molecule has 0 bridgehead atoms. The molecule has 4 heteroatoms. The summed E-state index contributed by atoms with van der Waals surface area (Å²) in [6, 6.07) is 0.618. The van der Waals surface area contributed by atoms with Crippen molar-refractivity contribution in [2.24, 2.45) is 0 Å². The molecule has 0 aromatic heterocycles. The highest BCUT2D eigenvalue weighted by atomic mass is 35.5. The van der Waals surface area contributed by atoms with Crippen molar-refractivity contribution in [2.45, 2.75) is 44.2 Å². The fourth-order valence-electron chi connectivity index (χ4n) is 3.28. The number of aliphatic hydroxyl groups excluding tert-OH is 1. The van der Waals surface area contributed by atoms with E-state index in [1.807, 2.05) is 12.2 Å². The van der Waals surface area contributed by atoms with Gasteiger partial charge in [0.2, 0.25) is 0 Å². The van der Waals surface area contributed by atoms with Crippen LogP contribution in [0, 0.1) is 0 Å². The molecule has 2 nitrogen and oxygen atoms in total. The molecule has 19 heavy (non-hydrogen) atoms. The molecule has 1 aliphatic rings. The summed E-state index contributed by atoms with van der Waals surface area (Å²) in [5.74, 6) is 0.307. The highest BCUT2D eigenvalue weighted by Gasteiger charge is 2.37. The van der Waals surface area contributed by atoms with E-state index in [2.05, 4.69) is 13.2 Å². The van der Waals surface area contributed by atoms with E-state index in [0.29, 0.717) is 18.5 Å². The average Bonchev–Trinajstić information content (AvgIpc) is 2.40. The Morgan fingerprint density at radius 3 is 2.11 bits per heavy atom. The lowest BCUT2D eigenvalue weighted by atomic mass is 9.91. The zero-order valence-corrected chi connectivity index (χ0v) is 13.2. The highest BCUT2D eigenvalue weighted by molar-refractivity contribution is 6.18. The molecule has 0 spiro atoms. The molecule has 0 radical (unpaired) electrons. The Kier molecular flexibility index (Phi) is 9.81. The van der Waals surface area contributed by atoms with Crippen LogP contribution in [0.25, 0.3) is 0 Å². The number of alkyl halides is 1. The Bertz CT molecular complexity index is 255. The summed E-state index contributed by atoms with van der Waals surface area (Å²) in [5, 5.41) is 9.96. The number of hydrogen-bond donors (Lipinski definition) is 1. The number of quaternary nitrogens is 1. The van der Waals surface area contributed by atoms with E-state index in [-0.39, 0.29) is 12.4 Å². The summed E-state index contributed by atoms with van der Waals surface area (Å²) in [4.78, 5) is 0. The molecule has 1 unspecified atom stereocenters. The molecular formula is C15H27Cl2NO. The molecule has 0 saturated heterocycles. The lowest BCUT2D eigenvalue weighted by Gasteiger charge is -2.46. The van der Waals surface area contributed by atoms with E-state index in [9.17, 15) is 5.11 Å². The van der Waals surface area contributed by atoms with Gasteiger partial charge in [-0.05, 0) is 37.8 Å². The van der Waals surface area contributed by atoms with Crippen molar-refractivity contribution in [3.05, 3.63) is 25.3 Å². The maximum Gasteiger partial charge on any atom is 0.116 e. The second kappa shape index (κ2) is 9.82. The van der Waals surface area contributed by atoms with E-state index in [4.69, 9.17) is 11.6 Å². The molecule has 0 aromatic carbocycles. The molecule has 1 saturated carbocycles. The number of halogens is 2. The first-order valence-corrected chi connectivity index (χ1v) is 7.53. The molecule has 112 valence electrons. The topological polar surface area (TPSA) is 20.2 Å². The lowest BCUT2D eigenvalue weighted by Crippen LogP contribution is -3.00. The number of hydrogen-bond acceptors (Lipinski definition) is 1. The van der Waals surface area contributed by atoms with Gasteiger partial charge >= 0.3 is 0 Å². The Morgan fingerprint density at radius 1 is 1.16 bits per heavy atom. The zero-order chi connectivity index (χ0) is 13.4. The molecule has 0 aromatic rings. The van der Waals surface area contributed by atoms with Gasteiger partial charge in [-0.2, -0.15) is 0 Å². The van der Waals surface area contributed by atoms with Crippen molar-refractivity contribution < 1.29 is 22.0 Å². The van der Waals surface area contributed by atoms with Crippen LogP contribution in [0.4, 0.5) is 0 Å². The van der Waals surface area contributed by atoms with Gasteiger partial charge < -0.3 is 22.0 Å². The number of aliphatic hydroxyl groups is 1. The van der Waals surface area contributed by atoms with Crippen LogP contribution in [0.2, 0.25) is 0 Å². The average molecular weight is 308 g/mol. The summed E-state index contributed by atoms with van der Waals surface area (Å²) in [7, 11) is 0. The van der Waals surface area contributed by atoms with Gasteiger partial charge in [0.1, 0.15) is 12.6 Å². The molecule has 1 aliphatic carbocycles. The van der Waals surface area contributed by atoms with Crippen LogP contribution >= 0.6 is 11.6 Å². The third-order valence-corrected chi connectivity index (χ3v) is 4.44. The van der Waals surface area contributed by atoms with Crippen molar-refractivity contribution in [2.75, 3.05) is 25.5 Å². The predicted molar refractivity (Wildman–Crippen MR) is 78.9 cm³/mol. The summed E-state index contributed by atoms with van der Waals surface area (Å²) in [6.07, 6.45) is 9.95. The van der Waals surface area contributed by atoms with Crippen LogP contribution in [0.3, 0.4) is 0 Å². The Morgan fingerprint density at radius 2 is 1.68 bits per heavy atom. The minimum atomic E-state index is -0.437. The van der Waals surface area contributed by atoms with Gasteiger partial charge in [0.05, 0.1) is 25.0 Å². The van der Waals surface area contributed by atoms with E-state index < -0.39 is 6.10 Å². The Balaban J connectivity index is 0.00000324. The van der Waals surface area contributed by atoms with Crippen LogP contribution < -0.4 is 12.4 Å². The molecule has 1 rings (SSSR count). The summed E-state index contributed by atoms with van der Waals surface area (Å²) >= 11 is 5.79. The van der Waals surface area contributed by atoms with Gasteiger partial charge in [-0.15, -0.1) is 11.6 Å². The maximum atomic E-state index is 9.96. The fraction of sp³-hybridized carbons (Fsp3) is 0.733. The Labute approximate surface area is 129 Å². The molecule has 1 N–H and O–H groups in total. The van der Waals surface area contributed by atoms with Gasteiger partial charge in [-0.1, -0.05) is 19.6 Å². The van der Waals surface area contributed by atoms with E-state index >= 15 is 0 Å². The minimum Gasteiger partial charge on any atom is -1.00 e. The molecule has 0 amide bonds. The summed E-state index contributed by atoms with van der Waals surface area (Å²) in [5.41, 5.74) is 0. The number of nitrogens with zero attached hydrogens (tertiary/aromatic N) is 1. The molecule has 1 atom stereocenters. The van der Waals surface area contributed by atoms with Crippen LogP contribution in [0.1, 0.15) is 32.1 Å². The first-order valence-electron chi connectivity index (χ1n) is 7.00. The zero-order valence-electron chi connectivity index (χ0n) is 11.7. The van der Waals surface area contributed by atoms with Gasteiger partial charge in [0, 0.05) is 0 Å². The normalized spacial score (nSPS) is 18.4. The number of rotatable bonds is 8. The molecule has 0 aliphatic heterocycles. The Hall–Kier alpha value is -0.0200. The minimum absolute atomic E-state index is 0. The smallest absolute Gasteiger partial charge is 0.116 e. The van der Waals surface area contributed by atoms with Crippen molar-refractivity contribution in [1.82, 2.24) is 0 Å². The predicted octanol–water partition coefficient (Wildman–Crippen LogP) is 0.112. The standard InChI is InChI=1S/C15H27ClNO.ClH/c1-3-10-17(11-4-2,13-15(18)12-16)14-8-6-5-7-9-14;/h3-4,14-15,18H,1-2,5-13H2;1H/q+1;/p-1. The second-order valence-corrected chi connectivity index (χ2v) is 5.75. The molecular weight excluding hydrogens is 281 g/mol.